The highest BCUT2D eigenvalue weighted by molar-refractivity contribution is 7.91. The van der Waals surface area contributed by atoms with Gasteiger partial charge in [0.25, 0.3) is 0 Å². The minimum Gasteiger partial charge on any atom is -0.446 e. The number of fused-ring (bicyclic) bond motifs is 2. The lowest BCUT2D eigenvalue weighted by atomic mass is 9.98. The molecule has 0 bridgehead atoms. The Hall–Kier alpha value is -2.53. The summed E-state index contributed by atoms with van der Waals surface area (Å²) in [6.45, 7) is 8.18. The maximum atomic E-state index is 13.4. The molecule has 2 aromatic carbocycles. The van der Waals surface area contributed by atoms with Gasteiger partial charge in [0, 0.05) is 17.5 Å². The van der Waals surface area contributed by atoms with Crippen molar-refractivity contribution >= 4 is 21.2 Å². The molecule has 0 saturated heterocycles. The quantitative estimate of drug-likeness (QED) is 0.578. The molecule has 0 radical (unpaired) electrons. The Morgan fingerprint density at radius 1 is 0.889 bits per heavy atom. The number of hydrogen-bond donors (Lipinski definition) is 0. The number of para-hydroxylation sites is 1. The molecule has 4 nitrogen and oxygen atoms in total. The molecule has 1 aliphatic rings. The zero-order valence-corrected chi connectivity index (χ0v) is 16.7. The monoisotopic (exact) mass is 381 g/mol. The Labute approximate surface area is 160 Å². The number of furan rings is 1. The van der Waals surface area contributed by atoms with Crippen molar-refractivity contribution < 1.29 is 12.8 Å². The van der Waals surface area contributed by atoms with E-state index in [2.05, 4.69) is 18.7 Å². The molecule has 2 heterocycles. The number of benzene rings is 2. The Balaban J connectivity index is 2.14. The van der Waals surface area contributed by atoms with Gasteiger partial charge < -0.3 is 9.32 Å². The molecule has 0 unspecified atom stereocenters. The molecule has 27 heavy (non-hydrogen) atoms. The van der Waals surface area contributed by atoms with E-state index in [1.54, 1.807) is 12.1 Å². The predicted octanol–water partition coefficient (Wildman–Crippen LogP) is 5.76. The van der Waals surface area contributed by atoms with E-state index < -0.39 is 9.84 Å². The van der Waals surface area contributed by atoms with Crippen LogP contribution in [0, 0.1) is 0 Å². The Morgan fingerprint density at radius 3 is 2.15 bits per heavy atom. The largest absolute Gasteiger partial charge is 0.446 e. The highest BCUT2D eigenvalue weighted by Gasteiger charge is 2.42. The van der Waals surface area contributed by atoms with Crippen LogP contribution in [0.15, 0.2) is 69.0 Å². The van der Waals surface area contributed by atoms with E-state index in [1.165, 1.54) is 0 Å². The Kier molecular flexibility index (Phi) is 4.15. The maximum absolute atomic E-state index is 13.4. The summed E-state index contributed by atoms with van der Waals surface area (Å²) in [7, 11) is -3.72. The highest BCUT2D eigenvalue weighted by atomic mass is 32.2. The molecule has 0 N–H and O–H groups in total. The minimum atomic E-state index is -3.72. The molecule has 4 rings (SSSR count). The Bertz CT molecular complexity index is 1100. The average molecular weight is 381 g/mol. The first-order valence-electron chi connectivity index (χ1n) is 9.19. The van der Waals surface area contributed by atoms with E-state index in [-0.39, 0.29) is 17.1 Å². The summed E-state index contributed by atoms with van der Waals surface area (Å²) in [5.74, 6) is 0.756. The first kappa shape index (κ1) is 17.9. The first-order valence-corrected chi connectivity index (χ1v) is 10.7. The van der Waals surface area contributed by atoms with Gasteiger partial charge in [0.15, 0.2) is 0 Å². The van der Waals surface area contributed by atoms with Crippen molar-refractivity contribution in [1.29, 1.82) is 0 Å². The fraction of sp³-hybridized carbons (Fsp3) is 0.273. The van der Waals surface area contributed by atoms with E-state index in [1.807, 2.05) is 56.3 Å². The molecule has 0 fully saturated rings. The molecule has 0 spiro atoms. The van der Waals surface area contributed by atoms with Crippen LogP contribution in [0.2, 0.25) is 0 Å². The van der Waals surface area contributed by atoms with Crippen LogP contribution in [0.1, 0.15) is 39.4 Å². The lowest BCUT2D eigenvalue weighted by Crippen LogP contribution is -2.31. The van der Waals surface area contributed by atoms with Gasteiger partial charge in [-0.25, -0.2) is 8.42 Å². The van der Waals surface area contributed by atoms with Crippen LogP contribution in [-0.2, 0) is 9.84 Å². The van der Waals surface area contributed by atoms with E-state index in [4.69, 9.17) is 4.42 Å². The summed E-state index contributed by atoms with van der Waals surface area (Å²) in [5.41, 5.74) is 3.19. The van der Waals surface area contributed by atoms with Gasteiger partial charge in [-0.15, -0.1) is 0 Å². The summed E-state index contributed by atoms with van der Waals surface area (Å²) >= 11 is 0. The van der Waals surface area contributed by atoms with Crippen molar-refractivity contribution in [3.63, 3.8) is 0 Å². The molecule has 140 valence electrons. The molecule has 0 saturated carbocycles. The van der Waals surface area contributed by atoms with E-state index in [0.29, 0.717) is 22.0 Å². The highest BCUT2D eigenvalue weighted by Crippen LogP contribution is 2.53. The van der Waals surface area contributed by atoms with Crippen LogP contribution >= 0.6 is 0 Å². The second-order valence-corrected chi connectivity index (χ2v) is 9.25. The SMILES string of the molecule is CC(C)c1oc2c(c1-c1ccccc1)N(C(C)C)c1ccccc1S2(=O)=O. The van der Waals surface area contributed by atoms with Crippen molar-refractivity contribution in [3.8, 4) is 11.1 Å². The number of anilines is 2. The van der Waals surface area contributed by atoms with E-state index in [0.717, 1.165) is 11.1 Å². The van der Waals surface area contributed by atoms with Crippen molar-refractivity contribution in [2.24, 2.45) is 0 Å². The van der Waals surface area contributed by atoms with Crippen LogP contribution in [-0.4, -0.2) is 14.5 Å². The smallest absolute Gasteiger partial charge is 0.247 e. The number of nitrogens with zero attached hydrogens (tertiary/aromatic N) is 1. The van der Waals surface area contributed by atoms with Gasteiger partial charge >= 0.3 is 0 Å². The second kappa shape index (κ2) is 6.27. The van der Waals surface area contributed by atoms with Crippen LogP contribution in [0.3, 0.4) is 0 Å². The average Bonchev–Trinajstić information content (AvgIpc) is 3.04. The zero-order valence-electron chi connectivity index (χ0n) is 15.9. The van der Waals surface area contributed by atoms with Crippen LogP contribution < -0.4 is 4.90 Å². The van der Waals surface area contributed by atoms with E-state index >= 15 is 0 Å². The zero-order chi connectivity index (χ0) is 19.3. The van der Waals surface area contributed by atoms with Gasteiger partial charge in [-0.1, -0.05) is 56.3 Å². The summed E-state index contributed by atoms with van der Waals surface area (Å²) < 4.78 is 32.8. The minimum absolute atomic E-state index is 0.0532. The normalized spacial score (nSPS) is 15.1. The van der Waals surface area contributed by atoms with Gasteiger partial charge in [-0.3, -0.25) is 0 Å². The van der Waals surface area contributed by atoms with Crippen molar-refractivity contribution in [3.05, 3.63) is 60.4 Å². The number of rotatable bonds is 3. The molecule has 0 atom stereocenters. The van der Waals surface area contributed by atoms with Crippen molar-refractivity contribution in [1.82, 2.24) is 0 Å². The molecular weight excluding hydrogens is 358 g/mol. The van der Waals surface area contributed by atoms with Gasteiger partial charge in [0.05, 0.1) is 10.6 Å². The first-order chi connectivity index (χ1) is 12.8. The van der Waals surface area contributed by atoms with Crippen LogP contribution in [0.25, 0.3) is 11.1 Å². The summed E-state index contributed by atoms with van der Waals surface area (Å²) in [4.78, 5) is 2.39. The molecule has 3 aromatic rings. The molecule has 1 aromatic heterocycles. The third kappa shape index (κ3) is 2.60. The third-order valence-electron chi connectivity index (χ3n) is 4.88. The summed E-state index contributed by atoms with van der Waals surface area (Å²) in [6.07, 6.45) is 0. The molecular formula is C22H23NO3S. The van der Waals surface area contributed by atoms with Gasteiger partial charge in [-0.05, 0) is 31.5 Å². The maximum Gasteiger partial charge on any atom is 0.247 e. The van der Waals surface area contributed by atoms with Gasteiger partial charge in [0.2, 0.25) is 14.9 Å². The number of hydrogen-bond acceptors (Lipinski definition) is 4. The number of sulfone groups is 1. The van der Waals surface area contributed by atoms with Gasteiger partial charge in [0.1, 0.15) is 11.4 Å². The van der Waals surface area contributed by atoms with Crippen molar-refractivity contribution in [2.75, 3.05) is 4.90 Å². The topological polar surface area (TPSA) is 50.5 Å². The van der Waals surface area contributed by atoms with Crippen LogP contribution in [0.4, 0.5) is 11.4 Å². The van der Waals surface area contributed by atoms with Gasteiger partial charge in [-0.2, -0.15) is 0 Å². The van der Waals surface area contributed by atoms with Crippen molar-refractivity contribution in [2.45, 2.75) is 49.6 Å². The lowest BCUT2D eigenvalue weighted by Gasteiger charge is -2.34. The lowest BCUT2D eigenvalue weighted by molar-refractivity contribution is 0.400. The molecule has 5 heteroatoms. The third-order valence-corrected chi connectivity index (χ3v) is 6.57. The Morgan fingerprint density at radius 2 is 1.52 bits per heavy atom. The fourth-order valence-electron chi connectivity index (χ4n) is 3.75. The second-order valence-electron chi connectivity index (χ2n) is 7.43. The van der Waals surface area contributed by atoms with E-state index in [9.17, 15) is 8.42 Å². The summed E-state index contributed by atoms with van der Waals surface area (Å²) in [6, 6.07) is 17.1. The summed E-state index contributed by atoms with van der Waals surface area (Å²) in [5, 5.41) is 0.0532. The predicted molar refractivity (Wildman–Crippen MR) is 107 cm³/mol. The fourth-order valence-corrected chi connectivity index (χ4v) is 5.30. The van der Waals surface area contributed by atoms with Crippen LogP contribution in [0.5, 0.6) is 0 Å². The molecule has 1 aliphatic heterocycles. The molecule has 0 aliphatic carbocycles. The standard InChI is InChI=1S/C22H23NO3S/c1-14(2)21-19(16-10-6-5-7-11-16)20-22(26-21)27(24,25)18-13-9-8-12-17(18)23(20)15(3)4/h5-15H,1-4H3. The molecule has 0 amide bonds.